The number of Topliss-reactive ketones (excluding diaryl/α,β-unsaturated/α-hetero) is 2. The zero-order valence-corrected chi connectivity index (χ0v) is 14.0. The van der Waals surface area contributed by atoms with Crippen LogP contribution in [0.2, 0.25) is 0 Å². The van der Waals surface area contributed by atoms with E-state index in [1.807, 2.05) is 20.8 Å². The van der Waals surface area contributed by atoms with E-state index in [1.54, 1.807) is 6.92 Å². The van der Waals surface area contributed by atoms with Gasteiger partial charge in [0.1, 0.15) is 11.2 Å². The van der Waals surface area contributed by atoms with Gasteiger partial charge in [-0.3, -0.25) is 9.59 Å². The summed E-state index contributed by atoms with van der Waals surface area (Å²) in [7, 11) is 0. The predicted octanol–water partition coefficient (Wildman–Crippen LogP) is 4.36. The lowest BCUT2D eigenvalue weighted by Crippen LogP contribution is -2.52. The molecule has 21 heavy (non-hydrogen) atoms. The SMILES string of the molecule is C=C(C)C(=O)[C@@]12C(=O)[C@@H](C)CC[C@@H]1[C@@H](C)C[C@H]2C=C(C)C. The van der Waals surface area contributed by atoms with Crippen LogP contribution < -0.4 is 0 Å². The number of carbonyl (C=O) groups is 2. The van der Waals surface area contributed by atoms with Crippen LogP contribution in [0.15, 0.2) is 23.8 Å². The van der Waals surface area contributed by atoms with Gasteiger partial charge in [-0.25, -0.2) is 0 Å². The summed E-state index contributed by atoms with van der Waals surface area (Å²) in [4.78, 5) is 26.2. The fourth-order valence-corrected chi connectivity index (χ4v) is 4.72. The Labute approximate surface area is 128 Å². The van der Waals surface area contributed by atoms with Gasteiger partial charge in [-0.1, -0.05) is 32.1 Å². The minimum atomic E-state index is -0.833. The number of fused-ring (bicyclic) bond motifs is 1. The van der Waals surface area contributed by atoms with Gasteiger partial charge in [0.05, 0.1) is 0 Å². The van der Waals surface area contributed by atoms with Crippen molar-refractivity contribution < 1.29 is 9.59 Å². The highest BCUT2D eigenvalue weighted by atomic mass is 16.2. The molecule has 0 amide bonds. The lowest BCUT2D eigenvalue weighted by atomic mass is 9.56. The molecule has 2 nitrogen and oxygen atoms in total. The Balaban J connectivity index is 2.63. The highest BCUT2D eigenvalue weighted by Crippen LogP contribution is 2.59. The first-order chi connectivity index (χ1) is 9.72. The molecular formula is C19H28O2. The maximum atomic E-state index is 13.1. The monoisotopic (exact) mass is 288 g/mol. The molecule has 2 rings (SSSR count). The lowest BCUT2D eigenvalue weighted by Gasteiger charge is -2.43. The molecule has 2 aliphatic rings. The third-order valence-corrected chi connectivity index (χ3v) is 5.55. The Morgan fingerprint density at radius 1 is 1.24 bits per heavy atom. The Morgan fingerprint density at radius 3 is 2.38 bits per heavy atom. The van der Waals surface area contributed by atoms with Crippen molar-refractivity contribution in [3.8, 4) is 0 Å². The Hall–Kier alpha value is -1.18. The molecule has 2 saturated carbocycles. The summed E-state index contributed by atoms with van der Waals surface area (Å²) in [6, 6.07) is 0. The molecule has 0 spiro atoms. The second kappa shape index (κ2) is 5.55. The smallest absolute Gasteiger partial charge is 0.172 e. The molecule has 2 fully saturated rings. The molecule has 0 aromatic heterocycles. The van der Waals surface area contributed by atoms with E-state index >= 15 is 0 Å². The second-order valence-electron chi connectivity index (χ2n) is 7.49. The van der Waals surface area contributed by atoms with Crippen LogP contribution in [0.3, 0.4) is 0 Å². The summed E-state index contributed by atoms with van der Waals surface area (Å²) in [6.45, 7) is 13.9. The molecular weight excluding hydrogens is 260 g/mol. The van der Waals surface area contributed by atoms with Gasteiger partial charge in [-0.15, -0.1) is 0 Å². The first kappa shape index (κ1) is 16.2. The zero-order chi connectivity index (χ0) is 15.9. The van der Waals surface area contributed by atoms with Crippen molar-refractivity contribution in [3.63, 3.8) is 0 Å². The molecule has 0 heterocycles. The minimum Gasteiger partial charge on any atom is -0.298 e. The van der Waals surface area contributed by atoms with E-state index < -0.39 is 5.41 Å². The normalized spacial score (nSPS) is 38.8. The van der Waals surface area contributed by atoms with E-state index in [2.05, 4.69) is 19.6 Å². The first-order valence-corrected chi connectivity index (χ1v) is 8.12. The number of rotatable bonds is 3. The number of allylic oxidation sites excluding steroid dienone is 3. The van der Waals surface area contributed by atoms with Crippen LogP contribution in [0.1, 0.15) is 53.9 Å². The van der Waals surface area contributed by atoms with Gasteiger partial charge in [-0.2, -0.15) is 0 Å². The highest BCUT2D eigenvalue weighted by molar-refractivity contribution is 6.15. The van der Waals surface area contributed by atoms with Crippen LogP contribution in [-0.2, 0) is 9.59 Å². The minimum absolute atomic E-state index is 0.00380. The molecule has 0 bridgehead atoms. The predicted molar refractivity (Wildman–Crippen MR) is 85.9 cm³/mol. The fraction of sp³-hybridized carbons (Fsp3) is 0.684. The van der Waals surface area contributed by atoms with Crippen LogP contribution in [0.25, 0.3) is 0 Å². The fourth-order valence-electron chi connectivity index (χ4n) is 4.72. The first-order valence-electron chi connectivity index (χ1n) is 8.12. The van der Waals surface area contributed by atoms with Gasteiger partial charge in [-0.05, 0) is 63.4 Å². The van der Waals surface area contributed by atoms with Crippen molar-refractivity contribution in [2.45, 2.75) is 53.9 Å². The maximum absolute atomic E-state index is 13.1. The number of carbonyl (C=O) groups excluding carboxylic acids is 2. The van der Waals surface area contributed by atoms with Crippen LogP contribution in [0, 0.1) is 29.1 Å². The Morgan fingerprint density at radius 2 is 1.86 bits per heavy atom. The van der Waals surface area contributed by atoms with Gasteiger partial charge >= 0.3 is 0 Å². The van der Waals surface area contributed by atoms with Crippen molar-refractivity contribution in [1.29, 1.82) is 0 Å². The van der Waals surface area contributed by atoms with E-state index in [-0.39, 0.29) is 29.3 Å². The molecule has 5 atom stereocenters. The van der Waals surface area contributed by atoms with Gasteiger partial charge in [0.25, 0.3) is 0 Å². The van der Waals surface area contributed by atoms with Gasteiger partial charge < -0.3 is 0 Å². The lowest BCUT2D eigenvalue weighted by molar-refractivity contribution is -0.150. The average Bonchev–Trinajstić information content (AvgIpc) is 2.66. The Bertz CT molecular complexity index is 510. The topological polar surface area (TPSA) is 34.1 Å². The van der Waals surface area contributed by atoms with Crippen molar-refractivity contribution in [1.82, 2.24) is 0 Å². The van der Waals surface area contributed by atoms with Crippen molar-refractivity contribution in [2.75, 3.05) is 0 Å². The number of ketones is 2. The molecule has 0 saturated heterocycles. The molecule has 0 radical (unpaired) electrons. The number of hydrogen-bond donors (Lipinski definition) is 0. The van der Waals surface area contributed by atoms with Crippen molar-refractivity contribution in [3.05, 3.63) is 23.8 Å². The summed E-state index contributed by atoms with van der Waals surface area (Å²) < 4.78 is 0. The van der Waals surface area contributed by atoms with E-state index in [0.717, 1.165) is 19.3 Å². The second-order valence-corrected chi connectivity index (χ2v) is 7.49. The summed E-state index contributed by atoms with van der Waals surface area (Å²) in [5.41, 5.74) is 0.886. The summed E-state index contributed by atoms with van der Waals surface area (Å²) in [5.74, 6) is 0.802. The molecule has 116 valence electrons. The van der Waals surface area contributed by atoms with Crippen LogP contribution in [-0.4, -0.2) is 11.6 Å². The van der Waals surface area contributed by atoms with Gasteiger partial charge in [0.15, 0.2) is 5.78 Å². The zero-order valence-electron chi connectivity index (χ0n) is 14.0. The van der Waals surface area contributed by atoms with Crippen LogP contribution in [0.5, 0.6) is 0 Å². The van der Waals surface area contributed by atoms with E-state index in [4.69, 9.17) is 0 Å². The molecule has 0 aromatic carbocycles. The average molecular weight is 288 g/mol. The largest absolute Gasteiger partial charge is 0.298 e. The molecule has 0 unspecified atom stereocenters. The molecule has 2 heteroatoms. The standard InChI is InChI=1S/C19H28O2/c1-11(2)9-15-10-14(6)16-8-7-13(5)18(21)19(15,16)17(20)12(3)4/h9,13-16H,3,7-8,10H2,1-2,4-6H3/t13-,14-,15+,16+,19-/m0/s1. The quantitative estimate of drug-likeness (QED) is 0.439. The van der Waals surface area contributed by atoms with Crippen molar-refractivity contribution in [2.24, 2.45) is 29.1 Å². The molecule has 0 aromatic rings. The summed E-state index contributed by atoms with van der Waals surface area (Å²) in [5, 5.41) is 0. The maximum Gasteiger partial charge on any atom is 0.172 e. The van der Waals surface area contributed by atoms with Crippen molar-refractivity contribution >= 4 is 11.6 Å². The summed E-state index contributed by atoms with van der Waals surface area (Å²) in [6.07, 6.45) is 5.00. The van der Waals surface area contributed by atoms with E-state index in [1.165, 1.54) is 5.57 Å². The third kappa shape index (κ3) is 2.33. The van der Waals surface area contributed by atoms with Gasteiger partial charge in [0.2, 0.25) is 0 Å². The number of hydrogen-bond acceptors (Lipinski definition) is 2. The van der Waals surface area contributed by atoms with E-state index in [9.17, 15) is 9.59 Å². The highest BCUT2D eigenvalue weighted by Gasteiger charge is 2.63. The molecule has 0 N–H and O–H groups in total. The Kier molecular flexibility index (Phi) is 4.28. The van der Waals surface area contributed by atoms with Gasteiger partial charge in [0, 0.05) is 5.92 Å². The van der Waals surface area contributed by atoms with Crippen LogP contribution in [0.4, 0.5) is 0 Å². The third-order valence-electron chi connectivity index (χ3n) is 5.55. The molecule has 2 aliphatic carbocycles. The van der Waals surface area contributed by atoms with E-state index in [0.29, 0.717) is 11.5 Å². The molecule has 0 aliphatic heterocycles. The van der Waals surface area contributed by atoms with Crippen LogP contribution >= 0.6 is 0 Å². The summed E-state index contributed by atoms with van der Waals surface area (Å²) >= 11 is 0.